The van der Waals surface area contributed by atoms with Gasteiger partial charge in [-0.3, -0.25) is 9.59 Å². The van der Waals surface area contributed by atoms with Crippen molar-refractivity contribution in [2.24, 2.45) is 29.4 Å². The predicted molar refractivity (Wildman–Crippen MR) is 142 cm³/mol. The second-order valence-electron chi connectivity index (χ2n) is 11.8. The van der Waals surface area contributed by atoms with Crippen LogP contribution in [0, 0.1) is 23.7 Å². The Balaban J connectivity index is 1.22. The summed E-state index contributed by atoms with van der Waals surface area (Å²) in [5.74, 6) is 1.00. The number of carbonyl (C=O) groups excluding carboxylic acids is 2. The molecule has 0 aromatic heterocycles. The fraction of sp³-hybridized carbons (Fsp3) is 0.733. The van der Waals surface area contributed by atoms with Crippen molar-refractivity contribution in [3.8, 4) is 0 Å². The van der Waals surface area contributed by atoms with Crippen LogP contribution in [-0.4, -0.2) is 28.0 Å². The number of nitrogens with two attached hydrogens (primary N) is 1. The number of aryl methyl sites for hydroxylation is 1. The first-order chi connectivity index (χ1) is 17.3. The third kappa shape index (κ3) is 6.90. The quantitative estimate of drug-likeness (QED) is 0.148. The topological polar surface area (TPSA) is 89.6 Å². The maximum absolute atomic E-state index is 11.9. The smallest absolute Gasteiger partial charge is 0.313 e. The molecule has 200 valence electrons. The van der Waals surface area contributed by atoms with Crippen LogP contribution in [0.5, 0.6) is 0 Å². The summed E-state index contributed by atoms with van der Waals surface area (Å²) >= 11 is 6.94. The molecule has 3 N–H and O–H groups in total. The number of hydrogen-bond acceptors (Lipinski definition) is 5. The molecule has 3 bridgehead atoms. The van der Waals surface area contributed by atoms with Crippen molar-refractivity contribution in [1.29, 1.82) is 0 Å². The molecule has 0 saturated heterocycles. The number of ether oxygens (including phenoxy) is 1. The van der Waals surface area contributed by atoms with E-state index < -0.39 is 11.9 Å². The van der Waals surface area contributed by atoms with Gasteiger partial charge in [-0.25, -0.2) is 0 Å². The van der Waals surface area contributed by atoms with Gasteiger partial charge in [0.2, 0.25) is 0 Å². The molecule has 6 heteroatoms. The zero-order chi connectivity index (χ0) is 25.7. The molecule has 1 aromatic carbocycles. The van der Waals surface area contributed by atoms with Gasteiger partial charge >= 0.3 is 11.9 Å². The third-order valence-corrected chi connectivity index (χ3v) is 9.50. The van der Waals surface area contributed by atoms with Crippen molar-refractivity contribution in [3.63, 3.8) is 0 Å². The van der Waals surface area contributed by atoms with Crippen molar-refractivity contribution in [2.75, 3.05) is 0 Å². The number of alkyl halides is 1. The van der Waals surface area contributed by atoms with Crippen LogP contribution in [0.4, 0.5) is 0 Å². The van der Waals surface area contributed by atoms with Gasteiger partial charge < -0.3 is 15.6 Å². The van der Waals surface area contributed by atoms with E-state index in [0.29, 0.717) is 36.5 Å². The van der Waals surface area contributed by atoms with Crippen molar-refractivity contribution in [1.82, 2.24) is 0 Å². The second kappa shape index (κ2) is 12.4. The van der Waals surface area contributed by atoms with E-state index in [4.69, 9.17) is 22.1 Å². The van der Waals surface area contributed by atoms with E-state index in [1.54, 1.807) is 0 Å². The maximum Gasteiger partial charge on any atom is 0.313 e. The Morgan fingerprint density at radius 3 is 2.53 bits per heavy atom. The SMILES string of the molecule is CCCCCC(=O)OC(=O)CCCCCc1cccc([C@H](N)[C@@H]2CC3C4CC2C[C@@](Cl)(C4)C[C@H]3O)c1. The molecule has 7 atom stereocenters. The average Bonchev–Trinajstić information content (AvgIpc) is 2.82. The minimum absolute atomic E-state index is 0.0349. The average molecular weight is 518 g/mol. The molecule has 3 fully saturated rings. The number of halogens is 1. The van der Waals surface area contributed by atoms with Crippen LogP contribution in [0.2, 0.25) is 0 Å². The van der Waals surface area contributed by atoms with Crippen molar-refractivity contribution in [3.05, 3.63) is 35.4 Å². The molecule has 4 rings (SSSR count). The largest absolute Gasteiger partial charge is 0.393 e. The number of rotatable bonds is 12. The molecular weight excluding hydrogens is 474 g/mol. The Hall–Kier alpha value is -1.43. The highest BCUT2D eigenvalue weighted by Crippen LogP contribution is 2.59. The summed E-state index contributed by atoms with van der Waals surface area (Å²) in [4.78, 5) is 23.3. The van der Waals surface area contributed by atoms with Gasteiger partial charge in [0.1, 0.15) is 0 Å². The summed E-state index contributed by atoms with van der Waals surface area (Å²) in [6, 6.07) is 8.60. The van der Waals surface area contributed by atoms with Crippen LogP contribution in [-0.2, 0) is 20.7 Å². The highest BCUT2D eigenvalue weighted by atomic mass is 35.5. The van der Waals surface area contributed by atoms with Crippen LogP contribution in [0.15, 0.2) is 24.3 Å². The van der Waals surface area contributed by atoms with E-state index in [1.807, 2.05) is 0 Å². The summed E-state index contributed by atoms with van der Waals surface area (Å²) in [5.41, 5.74) is 9.33. The molecule has 5 nitrogen and oxygen atoms in total. The molecule has 36 heavy (non-hydrogen) atoms. The number of benzene rings is 1. The molecule has 3 unspecified atom stereocenters. The molecule has 3 aliphatic carbocycles. The molecule has 3 aliphatic rings. The van der Waals surface area contributed by atoms with Crippen LogP contribution < -0.4 is 5.73 Å². The molecule has 0 amide bonds. The minimum Gasteiger partial charge on any atom is -0.393 e. The van der Waals surface area contributed by atoms with Crippen LogP contribution in [0.25, 0.3) is 0 Å². The van der Waals surface area contributed by atoms with E-state index in [-0.39, 0.29) is 17.0 Å². The first kappa shape index (κ1) is 27.6. The lowest BCUT2D eigenvalue weighted by atomic mass is 9.52. The number of aliphatic hydroxyl groups is 1. The number of unbranched alkanes of at least 4 members (excludes halogenated alkanes) is 4. The summed E-state index contributed by atoms with van der Waals surface area (Å²) in [5, 5.41) is 10.8. The number of esters is 2. The molecule has 0 radical (unpaired) electrons. The Morgan fingerprint density at radius 2 is 1.78 bits per heavy atom. The van der Waals surface area contributed by atoms with E-state index >= 15 is 0 Å². The van der Waals surface area contributed by atoms with Crippen LogP contribution >= 0.6 is 11.6 Å². The Kier molecular flexibility index (Phi) is 9.51. The van der Waals surface area contributed by atoms with Gasteiger partial charge in [-0.1, -0.05) is 50.5 Å². The first-order valence-corrected chi connectivity index (χ1v) is 14.6. The van der Waals surface area contributed by atoms with Gasteiger partial charge in [-0.05, 0) is 92.6 Å². The van der Waals surface area contributed by atoms with Gasteiger partial charge in [-0.2, -0.15) is 0 Å². The van der Waals surface area contributed by atoms with E-state index in [2.05, 4.69) is 31.2 Å². The van der Waals surface area contributed by atoms with E-state index in [9.17, 15) is 14.7 Å². The predicted octanol–water partition coefficient (Wildman–Crippen LogP) is 6.23. The van der Waals surface area contributed by atoms with E-state index in [1.165, 1.54) is 11.1 Å². The molecular formula is C30H44ClNO4. The zero-order valence-corrected chi connectivity index (χ0v) is 22.6. The highest BCUT2D eigenvalue weighted by molar-refractivity contribution is 6.24. The minimum atomic E-state index is -0.403. The van der Waals surface area contributed by atoms with Crippen LogP contribution in [0.3, 0.4) is 0 Å². The first-order valence-electron chi connectivity index (χ1n) is 14.2. The van der Waals surface area contributed by atoms with Gasteiger partial charge in [-0.15, -0.1) is 11.6 Å². The fourth-order valence-corrected chi connectivity index (χ4v) is 7.82. The van der Waals surface area contributed by atoms with Crippen LogP contribution in [0.1, 0.15) is 108 Å². The fourth-order valence-electron chi connectivity index (χ4n) is 7.26. The van der Waals surface area contributed by atoms with Gasteiger partial charge in [0, 0.05) is 23.8 Å². The van der Waals surface area contributed by atoms with Crippen molar-refractivity contribution < 1.29 is 19.4 Å². The molecule has 0 aliphatic heterocycles. The second-order valence-corrected chi connectivity index (χ2v) is 12.6. The Labute approximate surface area is 221 Å². The van der Waals surface area contributed by atoms with Gasteiger partial charge in [0.25, 0.3) is 0 Å². The maximum atomic E-state index is 11.9. The molecule has 3 saturated carbocycles. The number of hydrogen-bond donors (Lipinski definition) is 2. The van der Waals surface area contributed by atoms with Gasteiger partial charge in [0.05, 0.1) is 6.10 Å². The van der Waals surface area contributed by atoms with Crippen molar-refractivity contribution in [2.45, 2.75) is 114 Å². The molecule has 0 spiro atoms. The lowest BCUT2D eigenvalue weighted by Gasteiger charge is -2.57. The summed E-state index contributed by atoms with van der Waals surface area (Å²) in [7, 11) is 0. The van der Waals surface area contributed by atoms with Crippen molar-refractivity contribution >= 4 is 23.5 Å². The van der Waals surface area contributed by atoms with Gasteiger partial charge in [0.15, 0.2) is 0 Å². The highest BCUT2D eigenvalue weighted by Gasteiger charge is 2.55. The Morgan fingerprint density at radius 1 is 1.06 bits per heavy atom. The Bertz CT molecular complexity index is 903. The lowest BCUT2D eigenvalue weighted by molar-refractivity contribution is -0.159. The normalized spacial score (nSPS) is 31.7. The number of fused-ring (bicyclic) bond motifs is 2. The lowest BCUT2D eigenvalue weighted by Crippen LogP contribution is -2.55. The number of carbonyl (C=O) groups is 2. The summed E-state index contributed by atoms with van der Waals surface area (Å²) in [6.07, 6.45) is 11.6. The molecule has 0 heterocycles. The summed E-state index contributed by atoms with van der Waals surface area (Å²) < 4.78 is 4.91. The van der Waals surface area contributed by atoms with E-state index in [0.717, 1.165) is 77.0 Å². The molecule has 1 aromatic rings. The zero-order valence-electron chi connectivity index (χ0n) is 21.8. The number of aliphatic hydroxyl groups excluding tert-OH is 1. The summed E-state index contributed by atoms with van der Waals surface area (Å²) in [6.45, 7) is 2.08. The standard InChI is InChI=1S/C30H44ClNO4/c1-2-3-5-12-27(34)36-28(35)13-7-4-6-9-20-10-8-11-21(14-20)29(32)25-16-24-22-15-23(25)18-30(31,17-22)19-26(24)33/h8,10-11,14,22-26,29,33H,2-7,9,12-13,15-19,32H2,1H3/t22?,23?,24?,25-,26-,29+,30+/m1/s1. The third-order valence-electron chi connectivity index (χ3n) is 9.04. The monoisotopic (exact) mass is 517 g/mol.